The number of carbonyl (C=O) groups is 3. The first kappa shape index (κ1) is 14.9. The Kier molecular flexibility index (Phi) is 5.23. The summed E-state index contributed by atoms with van der Waals surface area (Å²) < 4.78 is 0. The summed E-state index contributed by atoms with van der Waals surface area (Å²) >= 11 is 0. The molecule has 0 aliphatic rings. The number of Topliss-reactive ketones (excluding diaryl/α,β-unsaturated/α-hetero) is 1. The molecule has 5 heteroatoms. The largest absolute Gasteiger partial charge is 0.480 e. The van der Waals surface area contributed by atoms with E-state index >= 15 is 0 Å². The molecular formula is C14H17NO4. The van der Waals surface area contributed by atoms with E-state index in [1.165, 1.54) is 6.92 Å². The van der Waals surface area contributed by atoms with Gasteiger partial charge in [0.1, 0.15) is 6.04 Å². The van der Waals surface area contributed by atoms with E-state index < -0.39 is 17.9 Å². The minimum Gasteiger partial charge on any atom is -0.480 e. The second-order valence-electron chi connectivity index (χ2n) is 4.20. The molecule has 0 aliphatic heterocycles. The second-order valence-corrected chi connectivity index (χ2v) is 4.20. The number of nitrogens with zero attached hydrogens (tertiary/aromatic N) is 1. The number of rotatable bonds is 6. The molecule has 5 nitrogen and oxygen atoms in total. The number of carboxylic acids is 1. The monoisotopic (exact) mass is 263 g/mol. The highest BCUT2D eigenvalue weighted by molar-refractivity contribution is 5.99. The summed E-state index contributed by atoms with van der Waals surface area (Å²) in [6.07, 6.45) is 0.261. The van der Waals surface area contributed by atoms with Gasteiger partial charge >= 0.3 is 5.97 Å². The van der Waals surface area contributed by atoms with Gasteiger partial charge in [-0.15, -0.1) is 0 Å². The molecule has 0 heterocycles. The molecule has 1 rings (SSSR count). The molecular weight excluding hydrogens is 246 g/mol. The van der Waals surface area contributed by atoms with Crippen molar-refractivity contribution in [1.29, 1.82) is 0 Å². The summed E-state index contributed by atoms with van der Waals surface area (Å²) in [5, 5.41) is 9.07. The van der Waals surface area contributed by atoms with Crippen LogP contribution in [0.5, 0.6) is 0 Å². The summed E-state index contributed by atoms with van der Waals surface area (Å²) in [6, 6.07) is 7.54. The first-order valence-corrected chi connectivity index (χ1v) is 6.05. The molecule has 1 atom stereocenters. The van der Waals surface area contributed by atoms with Crippen LogP contribution in [0.15, 0.2) is 30.3 Å². The van der Waals surface area contributed by atoms with Gasteiger partial charge in [0.15, 0.2) is 5.78 Å². The standard InChI is InChI=1S/C14H17NO4/c1-3-12(14(18)19)15(10(2)16)9-13(17)11-7-5-4-6-8-11/h4-8,12H,3,9H2,1-2H3,(H,18,19). The molecule has 1 amide bonds. The summed E-state index contributed by atoms with van der Waals surface area (Å²) in [5.41, 5.74) is 0.467. The van der Waals surface area contributed by atoms with Gasteiger partial charge in [-0.3, -0.25) is 9.59 Å². The third kappa shape index (κ3) is 3.91. The first-order chi connectivity index (χ1) is 8.97. The van der Waals surface area contributed by atoms with E-state index in [1.54, 1.807) is 37.3 Å². The van der Waals surface area contributed by atoms with E-state index in [2.05, 4.69) is 0 Å². The van der Waals surface area contributed by atoms with Crippen molar-refractivity contribution in [1.82, 2.24) is 4.90 Å². The SMILES string of the molecule is CCC(C(=O)O)N(CC(=O)c1ccccc1)C(C)=O. The lowest BCUT2D eigenvalue weighted by Crippen LogP contribution is -2.46. The molecule has 0 saturated carbocycles. The summed E-state index contributed by atoms with van der Waals surface area (Å²) in [5.74, 6) is -1.78. The third-order valence-electron chi connectivity index (χ3n) is 2.86. The quantitative estimate of drug-likeness (QED) is 0.791. The zero-order valence-corrected chi connectivity index (χ0v) is 11.0. The van der Waals surface area contributed by atoms with Crippen LogP contribution in [0.1, 0.15) is 30.6 Å². The molecule has 0 bridgehead atoms. The summed E-state index contributed by atoms with van der Waals surface area (Å²) in [4.78, 5) is 35.7. The van der Waals surface area contributed by atoms with E-state index in [4.69, 9.17) is 5.11 Å². The van der Waals surface area contributed by atoms with Gasteiger partial charge in [-0.2, -0.15) is 0 Å². The van der Waals surface area contributed by atoms with Gasteiger partial charge in [-0.05, 0) is 6.42 Å². The first-order valence-electron chi connectivity index (χ1n) is 6.05. The molecule has 0 fully saturated rings. The van der Waals surface area contributed by atoms with Crippen LogP contribution in [-0.4, -0.2) is 40.3 Å². The van der Waals surface area contributed by atoms with Crippen LogP contribution in [0, 0.1) is 0 Å². The van der Waals surface area contributed by atoms with Gasteiger partial charge in [0.25, 0.3) is 0 Å². The Labute approximate surface area is 111 Å². The molecule has 0 aromatic heterocycles. The number of benzene rings is 1. The number of hydrogen-bond donors (Lipinski definition) is 1. The lowest BCUT2D eigenvalue weighted by molar-refractivity contribution is -0.149. The molecule has 0 radical (unpaired) electrons. The molecule has 0 aliphatic carbocycles. The van der Waals surface area contributed by atoms with Crippen molar-refractivity contribution in [2.45, 2.75) is 26.3 Å². The molecule has 1 N–H and O–H groups in total. The summed E-state index contributed by atoms with van der Waals surface area (Å²) in [6.45, 7) is 2.72. The fourth-order valence-corrected chi connectivity index (χ4v) is 1.84. The fraction of sp³-hybridized carbons (Fsp3) is 0.357. The molecule has 1 unspecified atom stereocenters. The predicted octanol–water partition coefficient (Wildman–Crippen LogP) is 1.58. The van der Waals surface area contributed by atoms with Crippen LogP contribution < -0.4 is 0 Å². The van der Waals surface area contributed by atoms with Crippen LogP contribution in [0.2, 0.25) is 0 Å². The highest BCUT2D eigenvalue weighted by Gasteiger charge is 2.27. The van der Waals surface area contributed by atoms with Gasteiger partial charge in [0, 0.05) is 12.5 Å². The fourth-order valence-electron chi connectivity index (χ4n) is 1.84. The van der Waals surface area contributed by atoms with E-state index in [9.17, 15) is 14.4 Å². The number of aliphatic carboxylic acids is 1. The highest BCUT2D eigenvalue weighted by Crippen LogP contribution is 2.08. The van der Waals surface area contributed by atoms with Crippen molar-refractivity contribution < 1.29 is 19.5 Å². The Morgan fingerprint density at radius 1 is 1.21 bits per heavy atom. The van der Waals surface area contributed by atoms with Gasteiger partial charge in [0.05, 0.1) is 6.54 Å². The molecule has 19 heavy (non-hydrogen) atoms. The Morgan fingerprint density at radius 3 is 2.21 bits per heavy atom. The average molecular weight is 263 g/mol. The zero-order chi connectivity index (χ0) is 14.4. The number of amides is 1. The van der Waals surface area contributed by atoms with Crippen LogP contribution in [0.25, 0.3) is 0 Å². The maximum absolute atomic E-state index is 12.0. The number of hydrogen-bond acceptors (Lipinski definition) is 3. The highest BCUT2D eigenvalue weighted by atomic mass is 16.4. The van der Waals surface area contributed by atoms with Crippen molar-refractivity contribution in [3.05, 3.63) is 35.9 Å². The molecule has 0 spiro atoms. The van der Waals surface area contributed by atoms with Gasteiger partial charge in [-0.1, -0.05) is 37.3 Å². The van der Waals surface area contributed by atoms with Crippen molar-refractivity contribution in [2.75, 3.05) is 6.54 Å². The van der Waals surface area contributed by atoms with Gasteiger partial charge in [0.2, 0.25) is 5.91 Å². The molecule has 102 valence electrons. The van der Waals surface area contributed by atoms with E-state index in [0.29, 0.717) is 5.56 Å². The minimum absolute atomic E-state index is 0.218. The number of carbonyl (C=O) groups excluding carboxylic acids is 2. The zero-order valence-electron chi connectivity index (χ0n) is 11.0. The maximum Gasteiger partial charge on any atom is 0.326 e. The van der Waals surface area contributed by atoms with Crippen LogP contribution in [-0.2, 0) is 9.59 Å². The normalized spacial score (nSPS) is 11.7. The van der Waals surface area contributed by atoms with Crippen molar-refractivity contribution >= 4 is 17.7 Å². The van der Waals surface area contributed by atoms with Gasteiger partial charge in [-0.25, -0.2) is 4.79 Å². The maximum atomic E-state index is 12.0. The Bertz CT molecular complexity index is 470. The molecule has 1 aromatic rings. The molecule has 0 saturated heterocycles. The van der Waals surface area contributed by atoms with Crippen molar-refractivity contribution in [3.8, 4) is 0 Å². The number of carboxylic acid groups (broad SMARTS) is 1. The minimum atomic E-state index is -1.10. The summed E-state index contributed by atoms with van der Waals surface area (Å²) in [7, 11) is 0. The number of ketones is 1. The topological polar surface area (TPSA) is 74.7 Å². The van der Waals surface area contributed by atoms with Gasteiger partial charge < -0.3 is 10.0 Å². The lowest BCUT2D eigenvalue weighted by atomic mass is 10.1. The Balaban J connectivity index is 2.88. The second kappa shape index (κ2) is 6.68. The van der Waals surface area contributed by atoms with Crippen LogP contribution in [0.3, 0.4) is 0 Å². The Hall–Kier alpha value is -2.17. The smallest absolute Gasteiger partial charge is 0.326 e. The van der Waals surface area contributed by atoms with Crippen LogP contribution >= 0.6 is 0 Å². The predicted molar refractivity (Wildman–Crippen MR) is 69.9 cm³/mol. The van der Waals surface area contributed by atoms with E-state index in [1.807, 2.05) is 0 Å². The van der Waals surface area contributed by atoms with E-state index in [0.717, 1.165) is 4.90 Å². The Morgan fingerprint density at radius 2 is 1.79 bits per heavy atom. The van der Waals surface area contributed by atoms with Crippen LogP contribution in [0.4, 0.5) is 0 Å². The van der Waals surface area contributed by atoms with Crippen molar-refractivity contribution in [3.63, 3.8) is 0 Å². The average Bonchev–Trinajstić information content (AvgIpc) is 2.38. The third-order valence-corrected chi connectivity index (χ3v) is 2.86. The molecule has 1 aromatic carbocycles. The van der Waals surface area contributed by atoms with Crippen molar-refractivity contribution in [2.24, 2.45) is 0 Å². The lowest BCUT2D eigenvalue weighted by Gasteiger charge is -2.26. The van der Waals surface area contributed by atoms with E-state index in [-0.39, 0.29) is 18.7 Å².